The molecule has 0 saturated carbocycles. The van der Waals surface area contributed by atoms with Crippen LogP contribution in [0.5, 0.6) is 0 Å². The fourth-order valence-corrected chi connectivity index (χ4v) is 2.47. The lowest BCUT2D eigenvalue weighted by atomic mass is 9.91. The first-order valence-corrected chi connectivity index (χ1v) is 7.96. The number of aromatic nitrogens is 2. The first-order valence-electron chi connectivity index (χ1n) is 7.96. The van der Waals surface area contributed by atoms with Gasteiger partial charge in [-0.25, -0.2) is 4.79 Å². The Morgan fingerprint density at radius 2 is 1.96 bits per heavy atom. The largest absolute Gasteiger partial charge is 0.380 e. The molecule has 2 amide bonds. The molecule has 2 aromatic rings. The molecule has 0 saturated heterocycles. The fraction of sp³-hybridized carbons (Fsp3) is 0.444. The van der Waals surface area contributed by atoms with Crippen LogP contribution in [0, 0.1) is 5.41 Å². The van der Waals surface area contributed by atoms with E-state index in [1.165, 1.54) is 0 Å². The Hall–Kier alpha value is -2.34. The summed E-state index contributed by atoms with van der Waals surface area (Å²) in [5.74, 6) is 0.663. The van der Waals surface area contributed by atoms with E-state index >= 15 is 0 Å². The van der Waals surface area contributed by atoms with Crippen LogP contribution in [0.25, 0.3) is 0 Å². The molecule has 0 fully saturated rings. The third-order valence-corrected chi connectivity index (χ3v) is 3.45. The molecule has 0 aliphatic rings. The van der Waals surface area contributed by atoms with Gasteiger partial charge in [0.2, 0.25) is 0 Å². The van der Waals surface area contributed by atoms with Gasteiger partial charge < -0.3 is 10.1 Å². The average molecular weight is 330 g/mol. The lowest BCUT2D eigenvalue weighted by molar-refractivity contribution is 0.185. The van der Waals surface area contributed by atoms with Gasteiger partial charge >= 0.3 is 6.03 Å². The summed E-state index contributed by atoms with van der Waals surface area (Å²) in [4.78, 5) is 12.3. The predicted octanol–water partition coefficient (Wildman–Crippen LogP) is 3.80. The second-order valence-corrected chi connectivity index (χ2v) is 7.05. The highest BCUT2D eigenvalue weighted by atomic mass is 16.5. The number of amides is 2. The second kappa shape index (κ2) is 7.49. The zero-order chi connectivity index (χ0) is 17.7. The lowest BCUT2D eigenvalue weighted by Crippen LogP contribution is -2.21. The molecule has 0 bridgehead atoms. The Morgan fingerprint density at radius 1 is 1.25 bits per heavy atom. The normalized spacial score (nSPS) is 11.4. The molecule has 6 heteroatoms. The maximum absolute atomic E-state index is 12.3. The van der Waals surface area contributed by atoms with Crippen molar-refractivity contribution in [3.8, 4) is 0 Å². The summed E-state index contributed by atoms with van der Waals surface area (Å²) in [5.41, 5.74) is 2.76. The van der Waals surface area contributed by atoms with Crippen molar-refractivity contribution in [2.45, 2.75) is 33.8 Å². The molecule has 0 unspecified atom stereocenters. The molecule has 1 heterocycles. The summed E-state index contributed by atoms with van der Waals surface area (Å²) in [6.07, 6.45) is 0.848. The maximum Gasteiger partial charge on any atom is 0.324 e. The minimum atomic E-state index is -0.302. The van der Waals surface area contributed by atoms with E-state index in [0.717, 1.165) is 23.4 Å². The van der Waals surface area contributed by atoms with E-state index in [1.54, 1.807) is 11.8 Å². The number of nitrogens with one attached hydrogen (secondary N) is 2. The Kier molecular flexibility index (Phi) is 5.62. The molecule has 0 aliphatic heterocycles. The SMILES string of the molecule is COCc1ccccc1NC(=O)Nc1cc(CC(C)(C)C)nn1C. The molecule has 0 aliphatic carbocycles. The molecule has 1 aromatic heterocycles. The van der Waals surface area contributed by atoms with Gasteiger partial charge in [0.25, 0.3) is 0 Å². The fourth-order valence-electron chi connectivity index (χ4n) is 2.47. The number of aryl methyl sites for hydroxylation is 1. The highest BCUT2D eigenvalue weighted by Crippen LogP contribution is 2.22. The number of para-hydroxylation sites is 1. The van der Waals surface area contributed by atoms with Crippen LogP contribution in [0.4, 0.5) is 16.3 Å². The van der Waals surface area contributed by atoms with Crippen LogP contribution in [0.3, 0.4) is 0 Å². The van der Waals surface area contributed by atoms with Crippen LogP contribution >= 0.6 is 0 Å². The van der Waals surface area contributed by atoms with Crippen molar-refractivity contribution in [3.05, 3.63) is 41.6 Å². The molecule has 0 radical (unpaired) electrons. The Balaban J connectivity index is 2.05. The first kappa shape index (κ1) is 18.0. The average Bonchev–Trinajstić information content (AvgIpc) is 2.78. The van der Waals surface area contributed by atoms with E-state index in [-0.39, 0.29) is 11.4 Å². The highest BCUT2D eigenvalue weighted by Gasteiger charge is 2.16. The molecule has 0 spiro atoms. The Morgan fingerprint density at radius 3 is 2.62 bits per heavy atom. The van der Waals surface area contributed by atoms with E-state index in [0.29, 0.717) is 12.4 Å². The standard InChI is InChI=1S/C18H26N4O2/c1-18(2,3)11-14-10-16(22(4)21-14)20-17(23)19-15-9-7-6-8-13(15)12-24-5/h6-10H,11-12H2,1-5H3,(H2,19,20,23). The minimum Gasteiger partial charge on any atom is -0.380 e. The second-order valence-electron chi connectivity index (χ2n) is 7.05. The Bertz CT molecular complexity index is 701. The van der Waals surface area contributed by atoms with Gasteiger partial charge in [0.05, 0.1) is 12.3 Å². The van der Waals surface area contributed by atoms with E-state index in [4.69, 9.17) is 4.74 Å². The molecule has 130 valence electrons. The van der Waals surface area contributed by atoms with Gasteiger partial charge in [0, 0.05) is 31.5 Å². The monoisotopic (exact) mass is 330 g/mol. The first-order chi connectivity index (χ1) is 11.3. The van der Waals surface area contributed by atoms with Crippen LogP contribution in [0.15, 0.2) is 30.3 Å². The topological polar surface area (TPSA) is 68.2 Å². The third-order valence-electron chi connectivity index (χ3n) is 3.45. The van der Waals surface area contributed by atoms with E-state index in [1.807, 2.05) is 37.4 Å². The quantitative estimate of drug-likeness (QED) is 0.876. The number of carbonyl (C=O) groups excluding carboxylic acids is 1. The van der Waals surface area contributed by atoms with Gasteiger partial charge in [-0.3, -0.25) is 10.00 Å². The number of ether oxygens (including phenoxy) is 1. The van der Waals surface area contributed by atoms with Crippen LogP contribution in [-0.4, -0.2) is 22.9 Å². The van der Waals surface area contributed by atoms with Crippen LogP contribution < -0.4 is 10.6 Å². The van der Waals surface area contributed by atoms with Gasteiger partial charge in [-0.15, -0.1) is 0 Å². The number of carbonyl (C=O) groups is 1. The highest BCUT2D eigenvalue weighted by molar-refractivity contribution is 5.99. The zero-order valence-corrected chi connectivity index (χ0v) is 15.0. The summed E-state index contributed by atoms with van der Waals surface area (Å²) < 4.78 is 6.83. The minimum absolute atomic E-state index is 0.146. The van der Waals surface area contributed by atoms with Gasteiger partial charge in [0.1, 0.15) is 5.82 Å². The summed E-state index contributed by atoms with van der Waals surface area (Å²) in [6.45, 7) is 6.93. The molecule has 1 aromatic carbocycles. The molecule has 2 N–H and O–H groups in total. The van der Waals surface area contributed by atoms with E-state index in [2.05, 4.69) is 36.5 Å². The van der Waals surface area contributed by atoms with E-state index < -0.39 is 0 Å². The van der Waals surface area contributed by atoms with Crippen molar-refractivity contribution in [2.75, 3.05) is 17.7 Å². The summed E-state index contributed by atoms with van der Waals surface area (Å²) in [5, 5.41) is 10.2. The summed E-state index contributed by atoms with van der Waals surface area (Å²) in [6, 6.07) is 9.17. The molecule has 24 heavy (non-hydrogen) atoms. The van der Waals surface area contributed by atoms with Crippen molar-refractivity contribution in [1.82, 2.24) is 9.78 Å². The number of rotatable bonds is 5. The summed E-state index contributed by atoms with van der Waals surface area (Å²) in [7, 11) is 3.45. The van der Waals surface area contributed by atoms with Crippen LogP contribution in [0.1, 0.15) is 32.0 Å². The number of hydrogen-bond donors (Lipinski definition) is 2. The lowest BCUT2D eigenvalue weighted by Gasteiger charge is -2.15. The third kappa shape index (κ3) is 5.09. The summed E-state index contributed by atoms with van der Waals surface area (Å²) >= 11 is 0. The Labute approximate surface area is 143 Å². The van der Waals surface area contributed by atoms with Crippen molar-refractivity contribution in [3.63, 3.8) is 0 Å². The van der Waals surface area contributed by atoms with Crippen molar-refractivity contribution in [1.29, 1.82) is 0 Å². The van der Waals surface area contributed by atoms with Gasteiger partial charge in [-0.2, -0.15) is 5.10 Å². The van der Waals surface area contributed by atoms with Crippen molar-refractivity contribution >= 4 is 17.5 Å². The number of hydrogen-bond acceptors (Lipinski definition) is 3. The maximum atomic E-state index is 12.3. The number of anilines is 2. The van der Waals surface area contributed by atoms with Crippen molar-refractivity contribution in [2.24, 2.45) is 12.5 Å². The zero-order valence-electron chi connectivity index (χ0n) is 15.0. The van der Waals surface area contributed by atoms with Crippen LogP contribution in [-0.2, 0) is 24.8 Å². The molecular formula is C18H26N4O2. The number of methoxy groups -OCH3 is 1. The molecule has 0 atom stereocenters. The number of benzene rings is 1. The van der Waals surface area contributed by atoms with E-state index in [9.17, 15) is 4.79 Å². The van der Waals surface area contributed by atoms with Crippen LogP contribution in [0.2, 0.25) is 0 Å². The number of urea groups is 1. The van der Waals surface area contributed by atoms with Gasteiger partial charge in [-0.05, 0) is 17.9 Å². The van der Waals surface area contributed by atoms with Gasteiger partial charge in [0.15, 0.2) is 0 Å². The smallest absolute Gasteiger partial charge is 0.324 e. The van der Waals surface area contributed by atoms with Crippen molar-refractivity contribution < 1.29 is 9.53 Å². The van der Waals surface area contributed by atoms with Gasteiger partial charge in [-0.1, -0.05) is 39.0 Å². The number of nitrogens with zero attached hydrogens (tertiary/aromatic N) is 2. The molecule has 6 nitrogen and oxygen atoms in total. The molecule has 2 rings (SSSR count). The predicted molar refractivity (Wildman–Crippen MR) is 96.2 cm³/mol. The molecular weight excluding hydrogens is 304 g/mol.